The summed E-state index contributed by atoms with van der Waals surface area (Å²) in [4.78, 5) is 28.7. The second-order valence-electron chi connectivity index (χ2n) is 6.50. The van der Waals surface area contributed by atoms with Crippen LogP contribution in [0, 0.1) is 0 Å². The normalized spacial score (nSPS) is 12.3. The maximum absolute atomic E-state index is 12.7. The number of esters is 1. The highest BCUT2D eigenvalue weighted by atomic mass is 35.5. The molecule has 0 aliphatic carbocycles. The minimum atomic E-state index is -4.40. The number of hydrogen-bond acceptors (Lipinski definition) is 5. The summed E-state index contributed by atoms with van der Waals surface area (Å²) in [6.45, 7) is 1.34. The van der Waals surface area contributed by atoms with Crippen LogP contribution in [0.15, 0.2) is 53.9 Å². The van der Waals surface area contributed by atoms with Gasteiger partial charge in [0.15, 0.2) is 0 Å². The zero-order chi connectivity index (χ0) is 22.6. The van der Waals surface area contributed by atoms with Crippen molar-refractivity contribution in [2.75, 3.05) is 0 Å². The molecule has 1 amide bonds. The van der Waals surface area contributed by atoms with E-state index in [1.54, 1.807) is 23.6 Å². The molecule has 3 aromatic rings. The van der Waals surface area contributed by atoms with Crippen LogP contribution in [0.25, 0.3) is 10.6 Å². The largest absolute Gasteiger partial charge is 0.458 e. The van der Waals surface area contributed by atoms with E-state index in [-0.39, 0.29) is 17.2 Å². The van der Waals surface area contributed by atoms with Crippen LogP contribution in [0.3, 0.4) is 0 Å². The lowest BCUT2D eigenvalue weighted by Crippen LogP contribution is -2.39. The molecule has 0 unspecified atom stereocenters. The Kier molecular flexibility index (Phi) is 6.97. The molecule has 0 saturated heterocycles. The summed E-state index contributed by atoms with van der Waals surface area (Å²) in [7, 11) is 0. The molecule has 2 aromatic carbocycles. The van der Waals surface area contributed by atoms with Crippen molar-refractivity contribution in [3.8, 4) is 10.6 Å². The Morgan fingerprint density at radius 3 is 2.48 bits per heavy atom. The zero-order valence-corrected chi connectivity index (χ0v) is 17.6. The molecule has 162 valence electrons. The fraction of sp³-hybridized carbons (Fsp3) is 0.190. The van der Waals surface area contributed by atoms with E-state index in [0.717, 1.165) is 12.1 Å². The topological polar surface area (TPSA) is 68.3 Å². The number of thiazole rings is 1. The number of nitrogens with one attached hydrogen (secondary N) is 1. The van der Waals surface area contributed by atoms with E-state index in [4.69, 9.17) is 16.3 Å². The van der Waals surface area contributed by atoms with Gasteiger partial charge >= 0.3 is 12.1 Å². The maximum atomic E-state index is 12.7. The molecule has 0 fully saturated rings. The molecule has 10 heteroatoms. The Morgan fingerprint density at radius 2 is 1.84 bits per heavy atom. The molecule has 0 saturated carbocycles. The standard InChI is InChI=1S/C21H16ClF3N2O3S/c1-12(26-18(28)16-4-2-3-5-17(16)22)20(29)30-10-15-11-31-19(27-15)13-6-8-14(9-7-13)21(23,24)25/h2-9,11-12H,10H2,1H3,(H,26,28)/t12-/m0/s1. The molecular formula is C21H16ClF3N2O3S. The minimum absolute atomic E-state index is 0.137. The van der Waals surface area contributed by atoms with Gasteiger partial charge in [0.2, 0.25) is 0 Å². The highest BCUT2D eigenvalue weighted by Crippen LogP contribution is 2.31. The monoisotopic (exact) mass is 468 g/mol. The smallest absolute Gasteiger partial charge is 0.416 e. The van der Waals surface area contributed by atoms with Gasteiger partial charge < -0.3 is 10.1 Å². The molecule has 1 heterocycles. The predicted molar refractivity (Wildman–Crippen MR) is 111 cm³/mol. The summed E-state index contributed by atoms with van der Waals surface area (Å²) < 4.78 is 43.2. The SMILES string of the molecule is C[C@H](NC(=O)c1ccccc1Cl)C(=O)OCc1csc(-c2ccc(C(F)(F)F)cc2)n1. The Bertz CT molecular complexity index is 1080. The van der Waals surface area contributed by atoms with E-state index in [1.165, 1.54) is 36.5 Å². The van der Waals surface area contributed by atoms with Gasteiger partial charge in [-0.2, -0.15) is 13.2 Å². The Labute approximate surface area is 184 Å². The lowest BCUT2D eigenvalue weighted by molar-refractivity contribution is -0.146. The van der Waals surface area contributed by atoms with Crippen LogP contribution in [-0.2, 0) is 22.3 Å². The number of hydrogen-bond donors (Lipinski definition) is 1. The van der Waals surface area contributed by atoms with E-state index in [2.05, 4.69) is 10.3 Å². The van der Waals surface area contributed by atoms with Crippen LogP contribution in [-0.4, -0.2) is 22.9 Å². The van der Waals surface area contributed by atoms with Gasteiger partial charge in [-0.15, -0.1) is 11.3 Å². The minimum Gasteiger partial charge on any atom is -0.458 e. The van der Waals surface area contributed by atoms with Crippen LogP contribution in [0.2, 0.25) is 5.02 Å². The number of halogens is 4. The summed E-state index contributed by atoms with van der Waals surface area (Å²) in [5.41, 5.74) is 0.466. The number of carbonyl (C=O) groups excluding carboxylic acids is 2. The van der Waals surface area contributed by atoms with Crippen molar-refractivity contribution in [3.63, 3.8) is 0 Å². The summed E-state index contributed by atoms with van der Waals surface area (Å²) >= 11 is 7.18. The van der Waals surface area contributed by atoms with E-state index < -0.39 is 29.7 Å². The fourth-order valence-electron chi connectivity index (χ4n) is 2.56. The van der Waals surface area contributed by atoms with Crippen LogP contribution >= 0.6 is 22.9 Å². The molecule has 0 bridgehead atoms. The Morgan fingerprint density at radius 1 is 1.16 bits per heavy atom. The number of carbonyl (C=O) groups is 2. The highest BCUT2D eigenvalue weighted by molar-refractivity contribution is 7.13. The van der Waals surface area contributed by atoms with E-state index in [9.17, 15) is 22.8 Å². The van der Waals surface area contributed by atoms with Crippen LogP contribution < -0.4 is 5.32 Å². The van der Waals surface area contributed by atoms with Gasteiger partial charge in [-0.25, -0.2) is 9.78 Å². The summed E-state index contributed by atoms with van der Waals surface area (Å²) in [5.74, 6) is -1.17. The fourth-order valence-corrected chi connectivity index (χ4v) is 3.59. The number of aromatic nitrogens is 1. The quantitative estimate of drug-likeness (QED) is 0.495. The van der Waals surface area contributed by atoms with Gasteiger partial charge in [0.25, 0.3) is 5.91 Å². The number of alkyl halides is 3. The average molecular weight is 469 g/mol. The molecule has 1 atom stereocenters. The van der Waals surface area contributed by atoms with Crippen LogP contribution in [0.1, 0.15) is 28.5 Å². The van der Waals surface area contributed by atoms with Crippen molar-refractivity contribution in [2.45, 2.75) is 25.7 Å². The molecule has 0 spiro atoms. The van der Waals surface area contributed by atoms with Gasteiger partial charge in [-0.05, 0) is 31.2 Å². The van der Waals surface area contributed by atoms with Gasteiger partial charge in [-0.1, -0.05) is 35.9 Å². The molecule has 31 heavy (non-hydrogen) atoms. The lowest BCUT2D eigenvalue weighted by Gasteiger charge is -2.13. The average Bonchev–Trinajstić information content (AvgIpc) is 3.20. The van der Waals surface area contributed by atoms with Gasteiger partial charge in [0.1, 0.15) is 17.7 Å². The molecule has 0 aliphatic rings. The summed E-state index contributed by atoms with van der Waals surface area (Å²) in [6.07, 6.45) is -4.40. The molecule has 0 aliphatic heterocycles. The first kappa shape index (κ1) is 22.8. The molecule has 3 rings (SSSR count). The molecule has 5 nitrogen and oxygen atoms in total. The third-order valence-corrected chi connectivity index (χ3v) is 5.46. The van der Waals surface area contributed by atoms with Crippen molar-refractivity contribution in [2.24, 2.45) is 0 Å². The van der Waals surface area contributed by atoms with Crippen LogP contribution in [0.4, 0.5) is 13.2 Å². The first-order chi connectivity index (χ1) is 14.6. The zero-order valence-electron chi connectivity index (χ0n) is 16.1. The van der Waals surface area contributed by atoms with Gasteiger partial charge in [0, 0.05) is 10.9 Å². The molecule has 0 radical (unpaired) electrons. The Balaban J connectivity index is 1.55. The van der Waals surface area contributed by atoms with Crippen molar-refractivity contribution < 1.29 is 27.5 Å². The third-order valence-electron chi connectivity index (χ3n) is 4.19. The maximum Gasteiger partial charge on any atom is 0.416 e. The lowest BCUT2D eigenvalue weighted by atomic mass is 10.1. The molecule has 1 aromatic heterocycles. The number of nitrogens with zero attached hydrogens (tertiary/aromatic N) is 1. The van der Waals surface area contributed by atoms with Crippen LogP contribution in [0.5, 0.6) is 0 Å². The summed E-state index contributed by atoms with van der Waals surface area (Å²) in [5, 5.41) is 4.92. The number of rotatable bonds is 6. The van der Waals surface area contributed by atoms with E-state index >= 15 is 0 Å². The van der Waals surface area contributed by atoms with Crippen molar-refractivity contribution in [1.29, 1.82) is 0 Å². The molecular weight excluding hydrogens is 453 g/mol. The second kappa shape index (κ2) is 9.49. The first-order valence-corrected chi connectivity index (χ1v) is 10.2. The number of ether oxygens (including phenoxy) is 1. The number of amides is 1. The Hall–Kier alpha value is -2.91. The third kappa shape index (κ3) is 5.83. The van der Waals surface area contributed by atoms with E-state index in [1.807, 2.05) is 0 Å². The molecule has 1 N–H and O–H groups in total. The van der Waals surface area contributed by atoms with Gasteiger partial charge in [-0.3, -0.25) is 4.79 Å². The van der Waals surface area contributed by atoms with Gasteiger partial charge in [0.05, 0.1) is 21.8 Å². The van der Waals surface area contributed by atoms with E-state index in [0.29, 0.717) is 16.3 Å². The highest BCUT2D eigenvalue weighted by Gasteiger charge is 2.30. The van der Waals surface area contributed by atoms with Crippen molar-refractivity contribution >= 4 is 34.8 Å². The first-order valence-electron chi connectivity index (χ1n) is 8.99. The second-order valence-corrected chi connectivity index (χ2v) is 7.77. The number of benzene rings is 2. The van der Waals surface area contributed by atoms with Crippen molar-refractivity contribution in [1.82, 2.24) is 10.3 Å². The predicted octanol–water partition coefficient (Wildman–Crippen LogP) is 5.34. The summed E-state index contributed by atoms with van der Waals surface area (Å²) in [6, 6.07) is 10.2. The van der Waals surface area contributed by atoms with Crippen molar-refractivity contribution in [3.05, 3.63) is 75.8 Å².